The number of nitrogens with zero attached hydrogens (tertiary/aromatic N) is 3. The molecule has 1 fully saturated rings. The summed E-state index contributed by atoms with van der Waals surface area (Å²) in [6, 6.07) is 11.5. The molecule has 3 aromatic rings. The molecule has 170 valence electrons. The second-order valence-corrected chi connectivity index (χ2v) is 8.14. The molecule has 7 nitrogen and oxygen atoms in total. The molecule has 0 spiro atoms. The lowest BCUT2D eigenvalue weighted by Gasteiger charge is -2.34. The number of benzene rings is 2. The number of oxazole rings is 1. The van der Waals surface area contributed by atoms with E-state index in [9.17, 15) is 0 Å². The first kappa shape index (κ1) is 22.5. The van der Waals surface area contributed by atoms with Crippen molar-refractivity contribution in [2.45, 2.75) is 13.1 Å². The van der Waals surface area contributed by atoms with E-state index in [1.807, 2.05) is 36.4 Å². The summed E-state index contributed by atoms with van der Waals surface area (Å²) in [6.07, 6.45) is 1.73. The Labute approximate surface area is 193 Å². The molecule has 0 unspecified atom stereocenters. The Morgan fingerprint density at radius 1 is 0.906 bits per heavy atom. The van der Waals surface area contributed by atoms with Gasteiger partial charge in [0.25, 0.3) is 0 Å². The van der Waals surface area contributed by atoms with E-state index in [0.29, 0.717) is 22.4 Å². The van der Waals surface area contributed by atoms with Crippen LogP contribution in [0.1, 0.15) is 11.3 Å². The van der Waals surface area contributed by atoms with Gasteiger partial charge < -0.3 is 18.6 Å². The maximum absolute atomic E-state index is 6.08. The van der Waals surface area contributed by atoms with Crippen LogP contribution in [0.3, 0.4) is 0 Å². The molecule has 4 rings (SSSR count). The van der Waals surface area contributed by atoms with Crippen LogP contribution in [0.4, 0.5) is 0 Å². The van der Waals surface area contributed by atoms with Gasteiger partial charge in [-0.05, 0) is 24.3 Å². The minimum absolute atomic E-state index is 0.599. The van der Waals surface area contributed by atoms with Crippen LogP contribution in [-0.4, -0.2) is 62.3 Å². The van der Waals surface area contributed by atoms with Crippen molar-refractivity contribution in [1.82, 2.24) is 14.8 Å². The molecule has 0 radical (unpaired) electrons. The molecule has 1 saturated heterocycles. The second kappa shape index (κ2) is 10.3. The van der Waals surface area contributed by atoms with Crippen molar-refractivity contribution in [3.8, 4) is 28.7 Å². The van der Waals surface area contributed by atoms with Crippen LogP contribution >= 0.6 is 11.6 Å². The van der Waals surface area contributed by atoms with E-state index in [0.717, 1.165) is 61.8 Å². The van der Waals surface area contributed by atoms with Crippen molar-refractivity contribution in [3.63, 3.8) is 0 Å². The first-order chi connectivity index (χ1) is 15.6. The van der Waals surface area contributed by atoms with Gasteiger partial charge in [-0.15, -0.1) is 0 Å². The third-order valence-electron chi connectivity index (χ3n) is 5.65. The average molecular weight is 458 g/mol. The molecule has 0 bridgehead atoms. The number of hydrogen-bond acceptors (Lipinski definition) is 7. The highest BCUT2D eigenvalue weighted by atomic mass is 35.5. The Morgan fingerprint density at radius 2 is 1.62 bits per heavy atom. The Morgan fingerprint density at radius 3 is 2.28 bits per heavy atom. The Kier molecular flexibility index (Phi) is 7.19. The Balaban J connectivity index is 1.34. The van der Waals surface area contributed by atoms with E-state index in [1.165, 1.54) is 0 Å². The molecule has 0 amide bonds. The molecule has 2 heterocycles. The van der Waals surface area contributed by atoms with Gasteiger partial charge in [0.05, 0.1) is 27.0 Å². The monoisotopic (exact) mass is 457 g/mol. The summed E-state index contributed by atoms with van der Waals surface area (Å²) in [4.78, 5) is 9.45. The molecule has 32 heavy (non-hydrogen) atoms. The Hall–Kier alpha value is -2.74. The van der Waals surface area contributed by atoms with Gasteiger partial charge in [-0.1, -0.05) is 23.7 Å². The van der Waals surface area contributed by atoms with Crippen molar-refractivity contribution in [3.05, 3.63) is 58.9 Å². The van der Waals surface area contributed by atoms with Gasteiger partial charge in [0, 0.05) is 55.4 Å². The standard InChI is InChI=1S/C24H28ClN3O4/c1-29-21-8-7-18(22(30-2)23(21)31-3)14-27-9-11-28(12-10-27)15-20-16-32-24(26-20)17-5-4-6-19(25)13-17/h4-8,13,16H,9-12,14-15H2,1-3H3. The van der Waals surface area contributed by atoms with Crippen molar-refractivity contribution in [2.75, 3.05) is 47.5 Å². The average Bonchev–Trinajstić information content (AvgIpc) is 3.28. The maximum Gasteiger partial charge on any atom is 0.226 e. The van der Waals surface area contributed by atoms with Gasteiger partial charge >= 0.3 is 0 Å². The van der Waals surface area contributed by atoms with Crippen LogP contribution < -0.4 is 14.2 Å². The Bertz CT molecular complexity index is 1050. The predicted molar refractivity (Wildman–Crippen MR) is 124 cm³/mol. The van der Waals surface area contributed by atoms with Crippen molar-refractivity contribution >= 4 is 11.6 Å². The lowest BCUT2D eigenvalue weighted by Crippen LogP contribution is -2.45. The first-order valence-corrected chi connectivity index (χ1v) is 10.9. The van der Waals surface area contributed by atoms with E-state index >= 15 is 0 Å². The van der Waals surface area contributed by atoms with E-state index in [2.05, 4.69) is 14.8 Å². The molecule has 0 saturated carbocycles. The SMILES string of the molecule is COc1ccc(CN2CCN(Cc3coc(-c4cccc(Cl)c4)n3)CC2)c(OC)c1OC. The van der Waals surface area contributed by atoms with Crippen molar-refractivity contribution < 1.29 is 18.6 Å². The van der Waals surface area contributed by atoms with Gasteiger partial charge in [-0.25, -0.2) is 4.98 Å². The summed E-state index contributed by atoms with van der Waals surface area (Å²) in [6.45, 7) is 5.37. The van der Waals surface area contributed by atoms with Gasteiger partial charge in [-0.3, -0.25) is 9.80 Å². The third-order valence-corrected chi connectivity index (χ3v) is 5.89. The zero-order chi connectivity index (χ0) is 22.5. The molecular formula is C24H28ClN3O4. The zero-order valence-corrected chi connectivity index (χ0v) is 19.4. The fraction of sp³-hybridized carbons (Fsp3) is 0.375. The smallest absolute Gasteiger partial charge is 0.226 e. The van der Waals surface area contributed by atoms with Crippen LogP contribution in [0, 0.1) is 0 Å². The van der Waals surface area contributed by atoms with E-state index < -0.39 is 0 Å². The number of hydrogen-bond donors (Lipinski definition) is 0. The summed E-state index contributed by atoms with van der Waals surface area (Å²) in [5.41, 5.74) is 2.90. The summed E-state index contributed by atoms with van der Waals surface area (Å²) in [7, 11) is 4.92. The predicted octanol–water partition coefficient (Wildman–Crippen LogP) is 4.34. The number of halogens is 1. The molecule has 0 N–H and O–H groups in total. The van der Waals surface area contributed by atoms with Gasteiger partial charge in [0.15, 0.2) is 11.5 Å². The lowest BCUT2D eigenvalue weighted by atomic mass is 10.1. The number of methoxy groups -OCH3 is 3. The highest BCUT2D eigenvalue weighted by Gasteiger charge is 2.22. The van der Waals surface area contributed by atoms with Crippen LogP contribution in [-0.2, 0) is 13.1 Å². The highest BCUT2D eigenvalue weighted by Crippen LogP contribution is 2.40. The van der Waals surface area contributed by atoms with E-state index in [-0.39, 0.29) is 0 Å². The maximum atomic E-state index is 6.08. The van der Waals surface area contributed by atoms with Gasteiger partial charge in [-0.2, -0.15) is 0 Å². The van der Waals surface area contributed by atoms with Crippen LogP contribution in [0.15, 0.2) is 47.1 Å². The normalized spacial score (nSPS) is 15.0. The molecule has 0 aliphatic carbocycles. The van der Waals surface area contributed by atoms with Crippen LogP contribution in [0.25, 0.3) is 11.5 Å². The number of ether oxygens (including phenoxy) is 3. The van der Waals surface area contributed by atoms with Crippen LogP contribution in [0.5, 0.6) is 17.2 Å². The summed E-state index contributed by atoms with van der Waals surface area (Å²) in [5.74, 6) is 2.63. The molecule has 1 aromatic heterocycles. The largest absolute Gasteiger partial charge is 0.493 e. The summed E-state index contributed by atoms with van der Waals surface area (Å²) < 4.78 is 22.2. The van der Waals surface area contributed by atoms with Crippen LogP contribution in [0.2, 0.25) is 5.02 Å². The summed E-state index contributed by atoms with van der Waals surface area (Å²) >= 11 is 6.08. The quantitative estimate of drug-likeness (QED) is 0.498. The molecule has 1 aliphatic heterocycles. The number of rotatable bonds is 8. The molecule has 1 aliphatic rings. The summed E-state index contributed by atoms with van der Waals surface area (Å²) in [5, 5.41) is 0.671. The minimum Gasteiger partial charge on any atom is -0.493 e. The lowest BCUT2D eigenvalue weighted by molar-refractivity contribution is 0.120. The van der Waals surface area contributed by atoms with Gasteiger partial charge in [0.2, 0.25) is 11.6 Å². The topological polar surface area (TPSA) is 60.2 Å². The third kappa shape index (κ3) is 5.01. The van der Waals surface area contributed by atoms with Crippen molar-refractivity contribution in [2.24, 2.45) is 0 Å². The van der Waals surface area contributed by atoms with E-state index in [1.54, 1.807) is 27.6 Å². The number of aromatic nitrogens is 1. The van der Waals surface area contributed by atoms with E-state index in [4.69, 9.17) is 30.2 Å². The van der Waals surface area contributed by atoms with Crippen molar-refractivity contribution in [1.29, 1.82) is 0 Å². The first-order valence-electron chi connectivity index (χ1n) is 10.5. The fourth-order valence-electron chi connectivity index (χ4n) is 4.00. The molecular weight excluding hydrogens is 430 g/mol. The zero-order valence-electron chi connectivity index (χ0n) is 18.6. The van der Waals surface area contributed by atoms with Gasteiger partial charge in [0.1, 0.15) is 6.26 Å². The minimum atomic E-state index is 0.599. The fourth-order valence-corrected chi connectivity index (χ4v) is 4.19. The second-order valence-electron chi connectivity index (χ2n) is 7.70. The molecule has 8 heteroatoms. The number of piperazine rings is 1. The molecule has 0 atom stereocenters. The molecule has 2 aromatic carbocycles. The highest BCUT2D eigenvalue weighted by molar-refractivity contribution is 6.30.